The van der Waals surface area contributed by atoms with Crippen LogP contribution in [-0.4, -0.2) is 49.8 Å². The second kappa shape index (κ2) is 7.15. The molecule has 1 aromatic rings. The molecule has 1 N–H and O–H groups in total. The highest BCUT2D eigenvalue weighted by Crippen LogP contribution is 2.54. The van der Waals surface area contributed by atoms with E-state index in [2.05, 4.69) is 10.5 Å². The number of hydrogen-bond acceptors (Lipinski definition) is 5. The van der Waals surface area contributed by atoms with Gasteiger partial charge in [-0.05, 0) is 43.6 Å². The fraction of sp³-hybridized carbons (Fsp3) is 0.600. The Morgan fingerprint density at radius 2 is 1.93 bits per heavy atom. The van der Waals surface area contributed by atoms with Gasteiger partial charge in [-0.2, -0.15) is 0 Å². The molecule has 2 heterocycles. The Kier molecular flexibility index (Phi) is 4.95. The predicted molar refractivity (Wildman–Crippen MR) is 106 cm³/mol. The predicted octanol–water partition coefficient (Wildman–Crippen LogP) is 1.82. The zero-order valence-electron chi connectivity index (χ0n) is 16.3. The quantitative estimate of drug-likeness (QED) is 0.828. The van der Waals surface area contributed by atoms with E-state index in [9.17, 15) is 13.2 Å². The Balaban J connectivity index is 1.44. The van der Waals surface area contributed by atoms with E-state index in [0.29, 0.717) is 25.3 Å². The number of sulfonamides is 1. The molecule has 2 atom stereocenters. The van der Waals surface area contributed by atoms with Gasteiger partial charge in [0, 0.05) is 19.6 Å². The summed E-state index contributed by atoms with van der Waals surface area (Å²) in [5.41, 5.74) is 2.60. The van der Waals surface area contributed by atoms with Crippen LogP contribution < -0.4 is 5.32 Å². The summed E-state index contributed by atoms with van der Waals surface area (Å²) in [5, 5.41) is 7.11. The average Bonchev–Trinajstić information content (AvgIpc) is 3.23. The van der Waals surface area contributed by atoms with Crippen molar-refractivity contribution in [3.63, 3.8) is 0 Å². The Morgan fingerprint density at radius 3 is 2.57 bits per heavy atom. The van der Waals surface area contributed by atoms with Crippen molar-refractivity contribution >= 4 is 21.6 Å². The van der Waals surface area contributed by atoms with Gasteiger partial charge in [0.2, 0.25) is 10.0 Å². The second-order valence-corrected chi connectivity index (χ2v) is 10.3. The lowest BCUT2D eigenvalue weighted by Crippen LogP contribution is -2.48. The highest BCUT2D eigenvalue weighted by molar-refractivity contribution is 7.88. The molecule has 1 spiro atoms. The van der Waals surface area contributed by atoms with Crippen molar-refractivity contribution in [1.82, 2.24) is 9.62 Å². The molecule has 0 aromatic heterocycles. The maximum Gasteiger partial charge on any atom is 0.269 e. The van der Waals surface area contributed by atoms with Crippen LogP contribution in [0, 0.1) is 18.3 Å². The molecular formula is C20H27N3O4S. The van der Waals surface area contributed by atoms with Crippen LogP contribution in [0.1, 0.15) is 36.8 Å². The molecule has 0 radical (unpaired) electrons. The minimum Gasteiger partial charge on any atom is -0.391 e. The van der Waals surface area contributed by atoms with E-state index >= 15 is 0 Å². The SMILES string of the molecule is Cc1ccc(CNC(=O)C2=NO[C@@H]3CCC4(CCN(S(C)(=O)=O)CC4)[C@H]23)cc1. The minimum absolute atomic E-state index is 0.0489. The highest BCUT2D eigenvalue weighted by Gasteiger charge is 2.57. The number of benzene rings is 1. The molecule has 152 valence electrons. The summed E-state index contributed by atoms with van der Waals surface area (Å²) in [6, 6.07) is 8.05. The zero-order chi connectivity index (χ0) is 19.9. The van der Waals surface area contributed by atoms with Crippen molar-refractivity contribution in [2.24, 2.45) is 16.5 Å². The standard InChI is InChI=1S/C20H27N3O4S/c1-14-3-5-15(6-4-14)13-21-19(24)18-17-16(27-22-18)7-8-20(17)9-11-23(12-10-20)28(2,25)26/h3-6,16-17H,7-13H2,1-2H3,(H,21,24)/t16-,17+/m1/s1. The summed E-state index contributed by atoms with van der Waals surface area (Å²) in [6.07, 6.45) is 4.49. The van der Waals surface area contributed by atoms with Gasteiger partial charge in [0.25, 0.3) is 5.91 Å². The molecule has 3 aliphatic rings. The van der Waals surface area contributed by atoms with Gasteiger partial charge in [0.1, 0.15) is 6.10 Å². The van der Waals surface area contributed by atoms with E-state index in [1.54, 1.807) is 0 Å². The van der Waals surface area contributed by atoms with Crippen LogP contribution >= 0.6 is 0 Å². The lowest BCUT2D eigenvalue weighted by atomic mass is 9.69. The van der Waals surface area contributed by atoms with E-state index in [4.69, 9.17) is 4.84 Å². The Hall–Kier alpha value is -1.93. The number of nitrogens with zero attached hydrogens (tertiary/aromatic N) is 2. The van der Waals surface area contributed by atoms with Crippen LogP contribution in [0.2, 0.25) is 0 Å². The number of piperidine rings is 1. The summed E-state index contributed by atoms with van der Waals surface area (Å²) in [4.78, 5) is 18.4. The number of oxime groups is 1. The first kappa shape index (κ1) is 19.4. The van der Waals surface area contributed by atoms with Crippen LogP contribution in [0.25, 0.3) is 0 Å². The summed E-state index contributed by atoms with van der Waals surface area (Å²) in [5.74, 6) is -0.230. The van der Waals surface area contributed by atoms with Crippen molar-refractivity contribution in [2.45, 2.75) is 45.3 Å². The minimum atomic E-state index is -3.17. The number of hydrogen-bond donors (Lipinski definition) is 1. The third kappa shape index (κ3) is 3.55. The van der Waals surface area contributed by atoms with Crippen LogP contribution in [0.15, 0.2) is 29.4 Å². The largest absolute Gasteiger partial charge is 0.391 e. The van der Waals surface area contributed by atoms with Gasteiger partial charge in [-0.3, -0.25) is 4.79 Å². The topological polar surface area (TPSA) is 88.1 Å². The maximum atomic E-state index is 12.8. The first-order chi connectivity index (χ1) is 13.3. The molecule has 0 unspecified atom stereocenters. The third-order valence-electron chi connectivity index (χ3n) is 6.53. The van der Waals surface area contributed by atoms with Gasteiger partial charge in [0.15, 0.2) is 5.71 Å². The number of rotatable bonds is 4. The summed E-state index contributed by atoms with van der Waals surface area (Å²) < 4.78 is 25.2. The number of aryl methyl sites for hydroxylation is 1. The van der Waals surface area contributed by atoms with Gasteiger partial charge in [-0.25, -0.2) is 12.7 Å². The Labute approximate surface area is 166 Å². The first-order valence-electron chi connectivity index (χ1n) is 9.81. The van der Waals surface area contributed by atoms with Crippen LogP contribution in [0.3, 0.4) is 0 Å². The highest BCUT2D eigenvalue weighted by atomic mass is 32.2. The molecule has 1 aliphatic carbocycles. The number of nitrogens with one attached hydrogen (secondary N) is 1. The molecule has 1 amide bonds. The van der Waals surface area contributed by atoms with Gasteiger partial charge in [-0.15, -0.1) is 0 Å². The van der Waals surface area contributed by atoms with E-state index in [0.717, 1.165) is 31.2 Å². The molecule has 4 rings (SSSR count). The van der Waals surface area contributed by atoms with E-state index in [1.165, 1.54) is 16.1 Å². The van der Waals surface area contributed by atoms with Crippen molar-refractivity contribution < 1.29 is 18.0 Å². The van der Waals surface area contributed by atoms with Crippen molar-refractivity contribution in [2.75, 3.05) is 19.3 Å². The van der Waals surface area contributed by atoms with E-state index in [-0.39, 0.29) is 23.3 Å². The third-order valence-corrected chi connectivity index (χ3v) is 7.84. The number of carbonyl (C=O) groups excluding carboxylic acids is 1. The molecule has 0 bridgehead atoms. The molecule has 1 aromatic carbocycles. The molecule has 1 saturated carbocycles. The summed E-state index contributed by atoms with van der Waals surface area (Å²) in [7, 11) is -3.17. The van der Waals surface area contributed by atoms with Crippen LogP contribution in [-0.2, 0) is 26.2 Å². The van der Waals surface area contributed by atoms with Gasteiger partial charge >= 0.3 is 0 Å². The van der Waals surface area contributed by atoms with Crippen LogP contribution in [0.5, 0.6) is 0 Å². The van der Waals surface area contributed by atoms with E-state index in [1.807, 2.05) is 31.2 Å². The smallest absolute Gasteiger partial charge is 0.269 e. The molecular weight excluding hydrogens is 378 g/mol. The molecule has 7 nitrogen and oxygen atoms in total. The van der Waals surface area contributed by atoms with Gasteiger partial charge in [0.05, 0.1) is 12.2 Å². The zero-order valence-corrected chi connectivity index (χ0v) is 17.2. The molecule has 8 heteroatoms. The van der Waals surface area contributed by atoms with Crippen molar-refractivity contribution in [3.05, 3.63) is 35.4 Å². The monoisotopic (exact) mass is 405 g/mol. The molecule has 2 aliphatic heterocycles. The number of fused-ring (bicyclic) bond motifs is 2. The lowest BCUT2D eigenvalue weighted by Gasteiger charge is -2.41. The average molecular weight is 406 g/mol. The Morgan fingerprint density at radius 1 is 1.25 bits per heavy atom. The first-order valence-corrected chi connectivity index (χ1v) is 11.7. The summed E-state index contributed by atoms with van der Waals surface area (Å²) in [6.45, 7) is 3.48. The lowest BCUT2D eigenvalue weighted by molar-refractivity contribution is -0.115. The number of amides is 1. The molecule has 28 heavy (non-hydrogen) atoms. The molecule has 2 fully saturated rings. The fourth-order valence-electron chi connectivity index (χ4n) is 4.89. The Bertz CT molecular complexity index is 887. The van der Waals surface area contributed by atoms with Crippen LogP contribution in [0.4, 0.5) is 0 Å². The fourth-order valence-corrected chi connectivity index (χ4v) is 5.74. The molecule has 1 saturated heterocycles. The maximum absolute atomic E-state index is 12.8. The van der Waals surface area contributed by atoms with Gasteiger partial charge < -0.3 is 10.2 Å². The van der Waals surface area contributed by atoms with Crippen molar-refractivity contribution in [3.8, 4) is 0 Å². The normalized spacial score (nSPS) is 26.6. The number of carbonyl (C=O) groups is 1. The van der Waals surface area contributed by atoms with Gasteiger partial charge in [-0.1, -0.05) is 35.0 Å². The summed E-state index contributed by atoms with van der Waals surface area (Å²) >= 11 is 0. The second-order valence-electron chi connectivity index (χ2n) is 8.33. The van der Waals surface area contributed by atoms with E-state index < -0.39 is 10.0 Å². The van der Waals surface area contributed by atoms with Crippen molar-refractivity contribution in [1.29, 1.82) is 0 Å².